The average Bonchev–Trinajstić information content (AvgIpc) is 3.49. The van der Waals surface area contributed by atoms with Crippen LogP contribution >= 0.6 is 0 Å². The van der Waals surface area contributed by atoms with Crippen LogP contribution in [0.4, 0.5) is 21.0 Å². The zero-order chi connectivity index (χ0) is 35.6. The van der Waals surface area contributed by atoms with Crippen molar-refractivity contribution < 1.29 is 38.6 Å². The van der Waals surface area contributed by atoms with Crippen molar-refractivity contribution in [3.05, 3.63) is 107 Å². The number of carbonyl (C=O) groups is 4. The summed E-state index contributed by atoms with van der Waals surface area (Å²) < 4.78 is 15.9. The van der Waals surface area contributed by atoms with Crippen LogP contribution in [0.1, 0.15) is 43.2 Å². The number of benzene rings is 2. The molecule has 0 bridgehead atoms. The number of carbonyl (C=O) groups excluding carboxylic acids is 4. The number of esters is 1. The molecule has 0 atom stereocenters. The maximum Gasteiger partial charge on any atom is 0.339 e. The zero-order valence-corrected chi connectivity index (χ0v) is 27.8. The molecule has 260 valence electrons. The molecule has 0 saturated heterocycles. The molecule has 0 fully saturated rings. The summed E-state index contributed by atoms with van der Waals surface area (Å²) in [5.74, 6) is -0.227. The van der Waals surface area contributed by atoms with E-state index in [0.29, 0.717) is 60.4 Å². The Balaban J connectivity index is 0.000000194. The van der Waals surface area contributed by atoms with E-state index in [0.717, 1.165) is 16.8 Å². The number of aromatic nitrogens is 2. The molecule has 50 heavy (non-hydrogen) atoms. The second-order valence-electron chi connectivity index (χ2n) is 11.4. The predicted octanol–water partition coefficient (Wildman–Crippen LogP) is 4.54. The van der Waals surface area contributed by atoms with Crippen LogP contribution in [0.15, 0.2) is 73.1 Å². The molecule has 4 heterocycles. The summed E-state index contributed by atoms with van der Waals surface area (Å²) in [7, 11) is 1.31. The van der Waals surface area contributed by atoms with Gasteiger partial charge in [0.05, 0.1) is 44.4 Å². The van der Waals surface area contributed by atoms with Crippen molar-refractivity contribution in [3.63, 3.8) is 0 Å². The normalized spacial score (nSPS) is 13.3. The Morgan fingerprint density at radius 2 is 1.16 bits per heavy atom. The predicted molar refractivity (Wildman–Crippen MR) is 181 cm³/mol. The van der Waals surface area contributed by atoms with E-state index in [1.54, 1.807) is 21.3 Å². The number of rotatable bonds is 4. The minimum absolute atomic E-state index is 0.179. The Morgan fingerprint density at radius 1 is 0.720 bits per heavy atom. The van der Waals surface area contributed by atoms with E-state index in [4.69, 9.17) is 14.7 Å². The van der Waals surface area contributed by atoms with Gasteiger partial charge in [-0.2, -0.15) is 0 Å². The first-order valence-corrected chi connectivity index (χ1v) is 15.6. The largest absolute Gasteiger partial charge is 0.490 e. The highest BCUT2D eigenvalue weighted by Gasteiger charge is 2.24. The SMILES string of the molecule is COC(=O)c1cnc2c(c1)OCCN(C(=O)Nc1ccc(C)cc1)C2.Cc1ccc(NC(=O)N2CCOc3cc(C(=O)NO)cnc3C2)cc1. The number of nitrogens with zero attached hydrogens (tertiary/aromatic N) is 4. The van der Waals surface area contributed by atoms with E-state index in [1.165, 1.54) is 25.6 Å². The molecule has 4 N–H and O–H groups in total. The number of fused-ring (bicyclic) bond motifs is 2. The van der Waals surface area contributed by atoms with E-state index in [9.17, 15) is 19.2 Å². The number of anilines is 2. The molecule has 0 aliphatic carbocycles. The van der Waals surface area contributed by atoms with Crippen molar-refractivity contribution >= 4 is 35.3 Å². The molecule has 2 aliphatic heterocycles. The number of hydrogen-bond acceptors (Lipinski definition) is 10. The molecular weight excluding hydrogens is 646 g/mol. The first-order chi connectivity index (χ1) is 24.1. The fourth-order valence-corrected chi connectivity index (χ4v) is 4.93. The lowest BCUT2D eigenvalue weighted by molar-refractivity contribution is 0.0599. The van der Waals surface area contributed by atoms with Gasteiger partial charge in [-0.3, -0.25) is 20.0 Å². The van der Waals surface area contributed by atoms with Gasteiger partial charge in [0, 0.05) is 23.8 Å². The Bertz CT molecular complexity index is 1720. The number of aryl methyl sites for hydroxylation is 2. The Labute approximate surface area is 288 Å². The lowest BCUT2D eigenvalue weighted by atomic mass is 10.2. The van der Waals surface area contributed by atoms with Crippen molar-refractivity contribution in [2.24, 2.45) is 0 Å². The maximum absolute atomic E-state index is 12.5. The van der Waals surface area contributed by atoms with Crippen molar-refractivity contribution in [2.45, 2.75) is 26.9 Å². The van der Waals surface area contributed by atoms with Crippen LogP contribution in [-0.4, -0.2) is 82.3 Å². The van der Waals surface area contributed by atoms with Gasteiger partial charge in [0.1, 0.15) is 36.1 Å². The molecule has 15 heteroatoms. The van der Waals surface area contributed by atoms with Gasteiger partial charge >= 0.3 is 18.0 Å². The molecule has 2 aromatic carbocycles. The summed E-state index contributed by atoms with van der Waals surface area (Å²) in [6, 6.07) is 17.7. The lowest BCUT2D eigenvalue weighted by Gasteiger charge is -2.20. The number of amides is 5. The third-order valence-corrected chi connectivity index (χ3v) is 7.74. The maximum atomic E-state index is 12.5. The van der Waals surface area contributed by atoms with Crippen LogP contribution in [0.5, 0.6) is 11.5 Å². The molecule has 15 nitrogen and oxygen atoms in total. The minimum Gasteiger partial charge on any atom is -0.490 e. The van der Waals surface area contributed by atoms with Crippen molar-refractivity contribution in [2.75, 3.05) is 44.0 Å². The summed E-state index contributed by atoms with van der Waals surface area (Å²) in [6.07, 6.45) is 2.75. The van der Waals surface area contributed by atoms with Crippen LogP contribution in [0.2, 0.25) is 0 Å². The second-order valence-corrected chi connectivity index (χ2v) is 11.4. The van der Waals surface area contributed by atoms with Crippen LogP contribution in [0.3, 0.4) is 0 Å². The molecule has 0 radical (unpaired) electrons. The summed E-state index contributed by atoms with van der Waals surface area (Å²) in [5.41, 5.74) is 6.88. The topological polar surface area (TPSA) is 185 Å². The Morgan fingerprint density at radius 3 is 1.60 bits per heavy atom. The van der Waals surface area contributed by atoms with E-state index >= 15 is 0 Å². The molecule has 4 aromatic rings. The van der Waals surface area contributed by atoms with Gasteiger partial charge in [-0.05, 0) is 50.2 Å². The van der Waals surface area contributed by atoms with E-state index < -0.39 is 11.9 Å². The highest BCUT2D eigenvalue weighted by atomic mass is 16.5. The lowest BCUT2D eigenvalue weighted by Crippen LogP contribution is -2.36. The number of methoxy groups -OCH3 is 1. The van der Waals surface area contributed by atoms with Crippen LogP contribution in [0, 0.1) is 13.8 Å². The smallest absolute Gasteiger partial charge is 0.339 e. The Kier molecular flexibility index (Phi) is 11.4. The number of nitrogens with one attached hydrogen (secondary N) is 3. The van der Waals surface area contributed by atoms with Crippen LogP contribution < -0.4 is 25.6 Å². The van der Waals surface area contributed by atoms with Gasteiger partial charge in [-0.15, -0.1) is 0 Å². The molecular formula is C35H37N7O8. The molecule has 2 aliphatic rings. The molecule has 6 rings (SSSR count). The summed E-state index contributed by atoms with van der Waals surface area (Å²) in [4.78, 5) is 59.7. The molecule has 0 saturated carbocycles. The van der Waals surface area contributed by atoms with Gasteiger partial charge in [0.15, 0.2) is 0 Å². The monoisotopic (exact) mass is 683 g/mol. The first kappa shape index (κ1) is 35.1. The third kappa shape index (κ3) is 9.02. The van der Waals surface area contributed by atoms with Gasteiger partial charge in [-0.25, -0.2) is 19.9 Å². The highest BCUT2D eigenvalue weighted by Crippen LogP contribution is 2.25. The summed E-state index contributed by atoms with van der Waals surface area (Å²) in [6.45, 7) is 5.93. The average molecular weight is 684 g/mol. The molecule has 0 unspecified atom stereocenters. The number of ether oxygens (including phenoxy) is 3. The van der Waals surface area contributed by atoms with Gasteiger partial charge in [0.2, 0.25) is 0 Å². The number of hydrogen-bond donors (Lipinski definition) is 4. The molecule has 5 amide bonds. The number of pyridine rings is 2. The summed E-state index contributed by atoms with van der Waals surface area (Å²) in [5, 5.41) is 14.4. The fraction of sp³-hybridized carbons (Fsp3) is 0.257. The Hall–Kier alpha value is -6.22. The van der Waals surface area contributed by atoms with Crippen molar-refractivity contribution in [1.82, 2.24) is 25.2 Å². The standard InChI is InChI=1S/C18H19N3O4.C17H18N4O4/c1-12-3-5-14(6-4-12)20-18(23)21-7-8-25-16-9-13(17(22)24-2)10-19-15(16)11-21;1-11-2-4-13(5-3-11)19-17(23)21-6-7-25-15-8-12(16(22)20-24)9-18-14(15)10-21/h3-6,9-10H,7-8,11H2,1-2H3,(H,20,23);2-5,8-9,24H,6-7,10H2,1H3,(H,19,23)(H,20,22). The van der Waals surface area contributed by atoms with E-state index in [1.807, 2.05) is 62.4 Å². The van der Waals surface area contributed by atoms with Gasteiger partial charge < -0.3 is 34.6 Å². The third-order valence-electron chi connectivity index (χ3n) is 7.74. The van der Waals surface area contributed by atoms with Crippen molar-refractivity contribution in [3.8, 4) is 11.5 Å². The van der Waals surface area contributed by atoms with E-state index in [-0.39, 0.29) is 30.8 Å². The summed E-state index contributed by atoms with van der Waals surface area (Å²) >= 11 is 0. The molecule has 0 spiro atoms. The van der Waals surface area contributed by atoms with Gasteiger partial charge in [-0.1, -0.05) is 35.4 Å². The van der Waals surface area contributed by atoms with Crippen molar-refractivity contribution in [1.29, 1.82) is 0 Å². The van der Waals surface area contributed by atoms with Gasteiger partial charge in [0.25, 0.3) is 5.91 Å². The first-order valence-electron chi connectivity index (χ1n) is 15.6. The number of hydroxylamine groups is 1. The quantitative estimate of drug-likeness (QED) is 0.135. The highest BCUT2D eigenvalue weighted by molar-refractivity contribution is 5.93. The zero-order valence-electron chi connectivity index (χ0n) is 27.8. The fourth-order valence-electron chi connectivity index (χ4n) is 4.93. The molecule has 2 aromatic heterocycles. The number of urea groups is 2. The van der Waals surface area contributed by atoms with E-state index in [2.05, 4.69) is 25.3 Å². The second kappa shape index (κ2) is 16.3. The van der Waals surface area contributed by atoms with Crippen LogP contribution in [0.25, 0.3) is 0 Å². The van der Waals surface area contributed by atoms with Crippen LogP contribution in [-0.2, 0) is 17.8 Å². The minimum atomic E-state index is -0.669.